The van der Waals surface area contributed by atoms with Crippen molar-refractivity contribution in [1.82, 2.24) is 9.88 Å². The van der Waals surface area contributed by atoms with Gasteiger partial charge in [0.15, 0.2) is 5.43 Å². The Morgan fingerprint density at radius 1 is 1.26 bits per heavy atom. The number of benzene rings is 1. The predicted molar refractivity (Wildman–Crippen MR) is 105 cm³/mol. The van der Waals surface area contributed by atoms with Crippen LogP contribution in [0.4, 0.5) is 0 Å². The van der Waals surface area contributed by atoms with E-state index in [9.17, 15) is 4.79 Å². The molecular formula is C22H28N2O3. The van der Waals surface area contributed by atoms with Crippen LogP contribution < -0.4 is 10.2 Å². The molecule has 4 rings (SSSR count). The zero-order chi connectivity index (χ0) is 19.0. The molecule has 0 unspecified atom stereocenters. The molecule has 0 bridgehead atoms. The lowest BCUT2D eigenvalue weighted by Gasteiger charge is -2.45. The monoisotopic (exact) mass is 368 g/mol. The first-order valence-corrected chi connectivity index (χ1v) is 9.74. The zero-order valence-electron chi connectivity index (χ0n) is 16.4. The smallest absolute Gasteiger partial charge is 0.187 e. The number of hydrogen-bond donors (Lipinski definition) is 1. The molecule has 0 aliphatic carbocycles. The van der Waals surface area contributed by atoms with Crippen molar-refractivity contribution >= 4 is 0 Å². The average Bonchev–Trinajstić information content (AvgIpc) is 2.70. The van der Waals surface area contributed by atoms with Crippen molar-refractivity contribution in [1.29, 1.82) is 0 Å². The van der Waals surface area contributed by atoms with Crippen LogP contribution in [0.3, 0.4) is 0 Å². The van der Waals surface area contributed by atoms with E-state index in [0.29, 0.717) is 0 Å². The van der Waals surface area contributed by atoms with Gasteiger partial charge in [-0.05, 0) is 56.4 Å². The number of H-pyrrole nitrogens is 1. The second-order valence-corrected chi connectivity index (χ2v) is 7.80. The normalized spacial score (nSPS) is 19.1. The van der Waals surface area contributed by atoms with Crippen molar-refractivity contribution in [2.45, 2.75) is 45.3 Å². The summed E-state index contributed by atoms with van der Waals surface area (Å²) >= 11 is 0. The van der Waals surface area contributed by atoms with Gasteiger partial charge in [0.1, 0.15) is 5.75 Å². The Morgan fingerprint density at radius 2 is 2.04 bits per heavy atom. The molecule has 5 nitrogen and oxygen atoms in total. The third kappa shape index (κ3) is 3.30. The third-order valence-electron chi connectivity index (χ3n) is 6.21. The van der Waals surface area contributed by atoms with E-state index in [1.165, 1.54) is 11.1 Å². The van der Waals surface area contributed by atoms with Crippen molar-refractivity contribution in [2.75, 3.05) is 26.8 Å². The summed E-state index contributed by atoms with van der Waals surface area (Å²) in [5.41, 5.74) is 5.29. The topological polar surface area (TPSA) is 54.6 Å². The largest absolute Gasteiger partial charge is 0.497 e. The van der Waals surface area contributed by atoms with Crippen LogP contribution in [0.15, 0.2) is 29.2 Å². The number of rotatable bonds is 3. The summed E-state index contributed by atoms with van der Waals surface area (Å²) in [5, 5.41) is 0. The number of nitrogens with one attached hydrogen (secondary N) is 1. The lowest BCUT2D eigenvalue weighted by molar-refractivity contribution is -0.0990. The van der Waals surface area contributed by atoms with Gasteiger partial charge in [-0.3, -0.25) is 9.69 Å². The predicted octanol–water partition coefficient (Wildman–Crippen LogP) is 3.06. The van der Waals surface area contributed by atoms with Gasteiger partial charge in [-0.25, -0.2) is 0 Å². The van der Waals surface area contributed by atoms with Gasteiger partial charge in [0, 0.05) is 42.7 Å². The van der Waals surface area contributed by atoms with Crippen LogP contribution >= 0.6 is 0 Å². The molecule has 5 heteroatoms. The van der Waals surface area contributed by atoms with Crippen LogP contribution in [-0.2, 0) is 23.3 Å². The van der Waals surface area contributed by atoms with Crippen LogP contribution in [0.1, 0.15) is 40.8 Å². The average molecular weight is 368 g/mol. The molecule has 1 aromatic heterocycles. The molecule has 2 aliphatic heterocycles. The zero-order valence-corrected chi connectivity index (χ0v) is 16.4. The molecule has 1 saturated heterocycles. The maximum Gasteiger partial charge on any atom is 0.187 e. The number of ether oxygens (including phenoxy) is 2. The summed E-state index contributed by atoms with van der Waals surface area (Å²) in [6.07, 6.45) is 4.72. The fraction of sp³-hybridized carbons (Fsp3) is 0.500. The van der Waals surface area contributed by atoms with Crippen molar-refractivity contribution in [3.05, 3.63) is 62.6 Å². The Bertz CT molecular complexity index is 895. The Hall–Kier alpha value is -2.11. The molecule has 0 atom stereocenters. The summed E-state index contributed by atoms with van der Waals surface area (Å²) in [6, 6.07) is 6.39. The number of aromatic amines is 1. The van der Waals surface area contributed by atoms with Gasteiger partial charge < -0.3 is 14.5 Å². The second kappa shape index (κ2) is 7.13. The molecule has 3 heterocycles. The molecule has 1 fully saturated rings. The molecule has 1 aromatic carbocycles. The molecule has 1 spiro atoms. The number of piperidine rings is 1. The van der Waals surface area contributed by atoms with Crippen LogP contribution in [0, 0.1) is 13.8 Å². The fourth-order valence-electron chi connectivity index (χ4n) is 4.46. The first kappa shape index (κ1) is 18.3. The molecule has 2 aromatic rings. The summed E-state index contributed by atoms with van der Waals surface area (Å²) in [7, 11) is 1.71. The van der Waals surface area contributed by atoms with Crippen LogP contribution in [-0.4, -0.2) is 36.7 Å². The highest BCUT2D eigenvalue weighted by atomic mass is 16.5. The quantitative estimate of drug-likeness (QED) is 0.905. The van der Waals surface area contributed by atoms with E-state index in [1.807, 2.05) is 26.1 Å². The third-order valence-corrected chi connectivity index (χ3v) is 6.21. The van der Waals surface area contributed by atoms with Gasteiger partial charge in [0.2, 0.25) is 0 Å². The van der Waals surface area contributed by atoms with E-state index in [2.05, 4.69) is 22.0 Å². The standard InChI is InChI=1S/C22H28N2O3/c1-15-13-23-20(16(2)21(15)25)14-24-9-7-22(8-10-24)19-5-4-18(26-3)12-17(19)6-11-27-22/h4-5,12-13H,6-11,14H2,1-3H3,(H,23,25). The minimum atomic E-state index is -0.175. The summed E-state index contributed by atoms with van der Waals surface area (Å²) in [4.78, 5) is 17.9. The number of methoxy groups -OCH3 is 1. The van der Waals surface area contributed by atoms with Crippen molar-refractivity contribution in [3.8, 4) is 5.75 Å². The highest BCUT2D eigenvalue weighted by Gasteiger charge is 2.40. The molecule has 27 heavy (non-hydrogen) atoms. The van der Waals surface area contributed by atoms with Crippen LogP contribution in [0.5, 0.6) is 5.75 Å². The lowest BCUT2D eigenvalue weighted by Crippen LogP contribution is -2.46. The Balaban J connectivity index is 1.50. The lowest BCUT2D eigenvalue weighted by atomic mass is 9.79. The number of pyridine rings is 1. The number of fused-ring (bicyclic) bond motifs is 2. The molecule has 1 N–H and O–H groups in total. The van der Waals surface area contributed by atoms with Crippen LogP contribution in [0.2, 0.25) is 0 Å². The summed E-state index contributed by atoms with van der Waals surface area (Å²) < 4.78 is 11.7. The number of nitrogens with zero attached hydrogens (tertiary/aromatic N) is 1. The number of likely N-dealkylation sites (tertiary alicyclic amines) is 1. The van der Waals surface area contributed by atoms with Gasteiger partial charge in [-0.15, -0.1) is 0 Å². The molecule has 0 amide bonds. The van der Waals surface area contributed by atoms with Gasteiger partial charge in [-0.2, -0.15) is 0 Å². The minimum absolute atomic E-state index is 0.149. The van der Waals surface area contributed by atoms with E-state index in [0.717, 1.165) is 68.1 Å². The van der Waals surface area contributed by atoms with E-state index in [4.69, 9.17) is 9.47 Å². The van der Waals surface area contributed by atoms with E-state index in [-0.39, 0.29) is 11.0 Å². The molecule has 144 valence electrons. The maximum absolute atomic E-state index is 12.2. The maximum atomic E-state index is 12.2. The molecule has 0 radical (unpaired) electrons. The first-order valence-electron chi connectivity index (χ1n) is 9.74. The minimum Gasteiger partial charge on any atom is -0.497 e. The molecule has 0 saturated carbocycles. The highest BCUT2D eigenvalue weighted by Crippen LogP contribution is 2.42. The molecular weight excluding hydrogens is 340 g/mol. The van der Waals surface area contributed by atoms with Crippen LogP contribution in [0.25, 0.3) is 0 Å². The van der Waals surface area contributed by atoms with Gasteiger partial charge in [0.25, 0.3) is 0 Å². The first-order chi connectivity index (χ1) is 13.0. The van der Waals surface area contributed by atoms with E-state index in [1.54, 1.807) is 7.11 Å². The van der Waals surface area contributed by atoms with Crippen molar-refractivity contribution in [3.63, 3.8) is 0 Å². The molecule has 2 aliphatic rings. The Labute approximate surface area is 160 Å². The summed E-state index contributed by atoms with van der Waals surface area (Å²) in [6.45, 7) is 7.24. The SMILES string of the molecule is COc1ccc2c(c1)CCOC21CCN(Cc2[nH]cc(C)c(=O)c2C)CC1. The van der Waals surface area contributed by atoms with E-state index < -0.39 is 0 Å². The van der Waals surface area contributed by atoms with Crippen molar-refractivity contribution < 1.29 is 9.47 Å². The second-order valence-electron chi connectivity index (χ2n) is 7.80. The summed E-state index contributed by atoms with van der Waals surface area (Å²) in [5.74, 6) is 0.919. The number of aryl methyl sites for hydroxylation is 1. The Kier molecular flexibility index (Phi) is 4.82. The van der Waals surface area contributed by atoms with Crippen molar-refractivity contribution in [2.24, 2.45) is 0 Å². The van der Waals surface area contributed by atoms with Gasteiger partial charge >= 0.3 is 0 Å². The van der Waals surface area contributed by atoms with Gasteiger partial charge in [0.05, 0.1) is 19.3 Å². The highest BCUT2D eigenvalue weighted by molar-refractivity contribution is 5.41. The van der Waals surface area contributed by atoms with E-state index >= 15 is 0 Å². The van der Waals surface area contributed by atoms with Gasteiger partial charge in [-0.1, -0.05) is 6.07 Å². The number of aromatic nitrogens is 1. The number of hydrogen-bond acceptors (Lipinski definition) is 4. The Morgan fingerprint density at radius 3 is 2.78 bits per heavy atom. The fourth-order valence-corrected chi connectivity index (χ4v) is 4.46.